The molecular weight excluding hydrogens is 1200 g/mol. The van der Waals surface area contributed by atoms with Gasteiger partial charge in [0.15, 0.2) is 0 Å². The molecule has 10 saturated carbocycles. The second kappa shape index (κ2) is 95.1. The molecule has 0 atom stereocenters. The van der Waals surface area contributed by atoms with Crippen LogP contribution in [0.15, 0.2) is 0 Å². The molecule has 0 aliphatic heterocycles. The zero-order valence-corrected chi connectivity index (χ0v) is 70.7. The Balaban J connectivity index is 0.000000556. The molecule has 0 saturated heterocycles. The van der Waals surface area contributed by atoms with Crippen LogP contribution in [0.3, 0.4) is 0 Å². The zero-order chi connectivity index (χ0) is 70.7. The Kier molecular flexibility index (Phi) is 93.2. The van der Waals surface area contributed by atoms with Crippen molar-refractivity contribution in [2.24, 2.45) is 0 Å². The maximum atomic E-state index is 1.50. The summed E-state index contributed by atoms with van der Waals surface area (Å²) in [6.45, 7) is 0. The summed E-state index contributed by atoms with van der Waals surface area (Å²) >= 11 is 0. The van der Waals surface area contributed by atoms with E-state index >= 15 is 0 Å². The standard InChI is InChI=1S/10C10H20/c10*1-2-4-6-8-10-9-7-5-3-1/h10*1-10H2. The molecule has 0 radical (unpaired) electrons. The minimum absolute atomic E-state index is 1.50. The van der Waals surface area contributed by atoms with E-state index in [1.165, 1.54) is 642 Å². The van der Waals surface area contributed by atoms with Gasteiger partial charge >= 0.3 is 0 Å². The fourth-order valence-electron chi connectivity index (χ4n) is 17.7. The van der Waals surface area contributed by atoms with E-state index in [-0.39, 0.29) is 0 Å². The topological polar surface area (TPSA) is 0 Å². The molecule has 600 valence electrons. The molecule has 100 heavy (non-hydrogen) atoms. The van der Waals surface area contributed by atoms with Crippen molar-refractivity contribution < 1.29 is 0 Å². The largest absolute Gasteiger partial charge is 0.0533 e. The molecule has 0 bridgehead atoms. The van der Waals surface area contributed by atoms with Gasteiger partial charge in [-0.2, -0.15) is 0 Å². The van der Waals surface area contributed by atoms with E-state index in [2.05, 4.69) is 0 Å². The van der Waals surface area contributed by atoms with Gasteiger partial charge in [-0.3, -0.25) is 0 Å². The Labute approximate surface area is 638 Å². The summed E-state index contributed by atoms with van der Waals surface area (Å²) in [6.07, 6.45) is 150. The molecule has 0 aromatic carbocycles. The third-order valence-corrected chi connectivity index (χ3v) is 25.0. The highest BCUT2D eigenvalue weighted by molar-refractivity contribution is 4.60. The second-order valence-corrected chi connectivity index (χ2v) is 35.4. The van der Waals surface area contributed by atoms with E-state index in [4.69, 9.17) is 0 Å². The molecule has 10 fully saturated rings. The molecule has 0 heteroatoms. The lowest BCUT2D eigenvalue weighted by Gasteiger charge is -2.05. The Hall–Kier alpha value is 0. The first-order valence-electron chi connectivity index (χ1n) is 50.0. The van der Waals surface area contributed by atoms with E-state index in [1.807, 2.05) is 0 Å². The smallest absolute Gasteiger partial charge is 0.0533 e. The first-order valence-corrected chi connectivity index (χ1v) is 50.0. The maximum Gasteiger partial charge on any atom is -0.0533 e. The van der Waals surface area contributed by atoms with Crippen molar-refractivity contribution in [3.63, 3.8) is 0 Å². The monoisotopic (exact) mass is 1400 g/mol. The molecule has 0 aromatic heterocycles. The minimum Gasteiger partial charge on any atom is -0.0533 e. The van der Waals surface area contributed by atoms with Crippen LogP contribution in [0.2, 0.25) is 0 Å². The molecule has 0 N–H and O–H groups in total. The minimum atomic E-state index is 1.50. The van der Waals surface area contributed by atoms with Crippen LogP contribution in [0.4, 0.5) is 0 Å². The van der Waals surface area contributed by atoms with Crippen LogP contribution >= 0.6 is 0 Å². The number of hydrogen-bond acceptors (Lipinski definition) is 0. The van der Waals surface area contributed by atoms with Gasteiger partial charge in [-0.05, 0) is 0 Å². The Morgan fingerprint density at radius 3 is 0.0400 bits per heavy atom. The summed E-state index contributed by atoms with van der Waals surface area (Å²) in [5, 5.41) is 0. The quantitative estimate of drug-likeness (QED) is 0.227. The van der Waals surface area contributed by atoms with Crippen molar-refractivity contribution in [3.05, 3.63) is 0 Å². The molecule has 10 aliphatic carbocycles. The van der Waals surface area contributed by atoms with Crippen LogP contribution < -0.4 is 0 Å². The van der Waals surface area contributed by atoms with E-state index < -0.39 is 0 Å². The molecule has 0 heterocycles. The van der Waals surface area contributed by atoms with Crippen molar-refractivity contribution in [1.29, 1.82) is 0 Å². The molecule has 0 unspecified atom stereocenters. The van der Waals surface area contributed by atoms with Crippen LogP contribution in [0.25, 0.3) is 0 Å². The lowest BCUT2D eigenvalue weighted by Crippen LogP contribution is -1.85. The molecule has 0 aromatic rings. The van der Waals surface area contributed by atoms with Crippen molar-refractivity contribution in [2.75, 3.05) is 0 Å². The van der Waals surface area contributed by atoms with Crippen LogP contribution in [-0.4, -0.2) is 0 Å². The second-order valence-electron chi connectivity index (χ2n) is 35.4. The third kappa shape index (κ3) is 92.2. The van der Waals surface area contributed by atoms with Crippen LogP contribution in [0.1, 0.15) is 642 Å². The van der Waals surface area contributed by atoms with Gasteiger partial charge in [-0.25, -0.2) is 0 Å². The average Bonchev–Trinajstić information content (AvgIpc) is 3.73. The highest BCUT2D eigenvalue weighted by Crippen LogP contribution is 2.24. The zero-order valence-electron chi connectivity index (χ0n) is 70.7. The Bertz CT molecular complexity index is 664. The lowest BCUT2D eigenvalue weighted by molar-refractivity contribution is 0.504. The molecule has 0 amide bonds. The number of rotatable bonds is 0. The summed E-state index contributed by atoms with van der Waals surface area (Å²) < 4.78 is 0. The Morgan fingerprint density at radius 2 is 0.0300 bits per heavy atom. The van der Waals surface area contributed by atoms with Crippen LogP contribution in [0, 0.1) is 0 Å². The average molecular weight is 1400 g/mol. The highest BCUT2D eigenvalue weighted by atomic mass is 14.1. The van der Waals surface area contributed by atoms with Crippen LogP contribution in [0.5, 0.6) is 0 Å². The van der Waals surface area contributed by atoms with Gasteiger partial charge in [0.1, 0.15) is 0 Å². The van der Waals surface area contributed by atoms with E-state index in [0.717, 1.165) is 0 Å². The maximum absolute atomic E-state index is 1.50. The highest BCUT2D eigenvalue weighted by Gasteiger charge is 2.04. The van der Waals surface area contributed by atoms with Gasteiger partial charge in [0.25, 0.3) is 0 Å². The summed E-state index contributed by atoms with van der Waals surface area (Å²) in [5.41, 5.74) is 0. The van der Waals surface area contributed by atoms with Crippen LogP contribution in [-0.2, 0) is 0 Å². The fraction of sp³-hybridized carbons (Fsp3) is 1.00. The third-order valence-electron chi connectivity index (χ3n) is 25.0. The van der Waals surface area contributed by atoms with Gasteiger partial charge in [0.05, 0.1) is 0 Å². The van der Waals surface area contributed by atoms with Crippen molar-refractivity contribution in [2.45, 2.75) is 642 Å². The van der Waals surface area contributed by atoms with E-state index in [0.29, 0.717) is 0 Å². The predicted octanol–water partition coefficient (Wildman–Crippen LogP) is 39.0. The van der Waals surface area contributed by atoms with Crippen molar-refractivity contribution in [1.82, 2.24) is 0 Å². The van der Waals surface area contributed by atoms with Gasteiger partial charge in [0, 0.05) is 0 Å². The van der Waals surface area contributed by atoms with E-state index in [9.17, 15) is 0 Å². The van der Waals surface area contributed by atoms with Gasteiger partial charge in [-0.1, -0.05) is 642 Å². The molecule has 10 aliphatic rings. The Morgan fingerprint density at radius 1 is 0.0200 bits per heavy atom. The number of hydrogen-bond donors (Lipinski definition) is 0. The normalized spacial score (nSPS) is 24.0. The summed E-state index contributed by atoms with van der Waals surface area (Å²) in [4.78, 5) is 0. The van der Waals surface area contributed by atoms with Crippen molar-refractivity contribution >= 4 is 0 Å². The molecule has 10 rings (SSSR count). The molecule has 0 spiro atoms. The summed E-state index contributed by atoms with van der Waals surface area (Å²) in [5.74, 6) is 0. The van der Waals surface area contributed by atoms with Crippen molar-refractivity contribution in [3.8, 4) is 0 Å². The molecular formula is C100H200. The lowest BCUT2D eigenvalue weighted by atomic mass is 10.0. The first-order chi connectivity index (χ1) is 50.0. The SMILES string of the molecule is C1CCCCCCCCC1.C1CCCCCCCCC1.C1CCCCCCCCC1.C1CCCCCCCCC1.C1CCCCCCCCC1.C1CCCCCCCCC1.C1CCCCCCCCC1.C1CCCCCCCCC1.C1CCCCCCCCC1.C1CCCCCCCCC1. The molecule has 0 nitrogen and oxygen atoms in total. The van der Waals surface area contributed by atoms with Gasteiger partial charge in [0.2, 0.25) is 0 Å². The van der Waals surface area contributed by atoms with E-state index in [1.54, 1.807) is 0 Å². The first kappa shape index (κ1) is 98.0. The van der Waals surface area contributed by atoms with Gasteiger partial charge < -0.3 is 0 Å². The fourth-order valence-corrected chi connectivity index (χ4v) is 17.7. The van der Waals surface area contributed by atoms with Gasteiger partial charge in [-0.15, -0.1) is 0 Å². The summed E-state index contributed by atoms with van der Waals surface area (Å²) in [7, 11) is 0. The summed E-state index contributed by atoms with van der Waals surface area (Å²) in [6, 6.07) is 0. The predicted molar refractivity (Wildman–Crippen MR) is 462 cm³/mol.